The van der Waals surface area contributed by atoms with Gasteiger partial charge in [-0.15, -0.1) is 0 Å². The van der Waals surface area contributed by atoms with Gasteiger partial charge in [-0.2, -0.15) is 0 Å². The maximum absolute atomic E-state index is 2.34. The summed E-state index contributed by atoms with van der Waals surface area (Å²) in [5.41, 5.74) is 7.72. The zero-order valence-corrected chi connectivity index (χ0v) is 22.7. The number of aryl methyl sites for hydroxylation is 2. The fraction of sp³-hybridized carbons (Fsp3) is 0.0500. The van der Waals surface area contributed by atoms with E-state index in [1.165, 1.54) is 87.2 Å². The van der Waals surface area contributed by atoms with Crippen LogP contribution in [0.5, 0.6) is 0 Å². The van der Waals surface area contributed by atoms with Crippen molar-refractivity contribution in [2.75, 3.05) is 0 Å². The standard InChI is InChI=1S/C40H28/c1-25-21-31-17-19-37-33(9-5-11-35(37)39(31)22-26(25)2)27-13-15-28(16-14-27)34-10-6-12-36-38(34)20-18-32-23-29-7-3-4-8-30(29)24-40(32)36/h3-24H,1-2H3. The van der Waals surface area contributed by atoms with Gasteiger partial charge < -0.3 is 0 Å². The molecule has 40 heavy (non-hydrogen) atoms. The molecule has 0 bridgehead atoms. The van der Waals surface area contributed by atoms with Crippen molar-refractivity contribution < 1.29 is 0 Å². The molecule has 0 radical (unpaired) electrons. The number of hydrogen-bond donors (Lipinski definition) is 0. The Bertz CT molecular complexity index is 2270. The lowest BCUT2D eigenvalue weighted by Gasteiger charge is -2.13. The Balaban J connectivity index is 1.25. The summed E-state index contributed by atoms with van der Waals surface area (Å²) in [7, 11) is 0. The summed E-state index contributed by atoms with van der Waals surface area (Å²) in [5.74, 6) is 0. The first kappa shape index (κ1) is 23.0. The second kappa shape index (κ2) is 8.79. The number of hydrogen-bond acceptors (Lipinski definition) is 0. The molecule has 0 unspecified atom stereocenters. The van der Waals surface area contributed by atoms with Crippen molar-refractivity contribution in [3.05, 3.63) is 145 Å². The van der Waals surface area contributed by atoms with Crippen LogP contribution in [-0.4, -0.2) is 0 Å². The summed E-state index contributed by atoms with van der Waals surface area (Å²) in [5, 5.41) is 13.0. The zero-order chi connectivity index (χ0) is 26.8. The van der Waals surface area contributed by atoms with Crippen LogP contribution < -0.4 is 0 Å². The minimum atomic E-state index is 1.24. The molecule has 0 spiro atoms. The smallest absolute Gasteiger partial charge is 0.00988 e. The van der Waals surface area contributed by atoms with Crippen LogP contribution in [0.4, 0.5) is 0 Å². The van der Waals surface area contributed by atoms with Crippen LogP contribution in [0, 0.1) is 13.8 Å². The topological polar surface area (TPSA) is 0 Å². The maximum atomic E-state index is 2.34. The highest BCUT2D eigenvalue weighted by molar-refractivity contribution is 6.16. The van der Waals surface area contributed by atoms with Gasteiger partial charge in [-0.05, 0) is 113 Å². The summed E-state index contributed by atoms with van der Waals surface area (Å²) >= 11 is 0. The Labute approximate surface area is 234 Å². The van der Waals surface area contributed by atoms with Crippen molar-refractivity contribution >= 4 is 53.9 Å². The maximum Gasteiger partial charge on any atom is -0.00988 e. The van der Waals surface area contributed by atoms with Crippen LogP contribution in [-0.2, 0) is 0 Å². The molecule has 8 rings (SSSR count). The van der Waals surface area contributed by atoms with Gasteiger partial charge in [-0.25, -0.2) is 0 Å². The van der Waals surface area contributed by atoms with Gasteiger partial charge in [0, 0.05) is 0 Å². The molecule has 0 fully saturated rings. The van der Waals surface area contributed by atoms with Crippen LogP contribution in [0.25, 0.3) is 76.1 Å². The lowest BCUT2D eigenvalue weighted by atomic mass is 9.91. The van der Waals surface area contributed by atoms with Crippen LogP contribution in [0.15, 0.2) is 133 Å². The van der Waals surface area contributed by atoms with Gasteiger partial charge in [0.2, 0.25) is 0 Å². The van der Waals surface area contributed by atoms with E-state index >= 15 is 0 Å². The summed E-state index contributed by atoms with van der Waals surface area (Å²) < 4.78 is 0. The van der Waals surface area contributed by atoms with E-state index in [9.17, 15) is 0 Å². The second-order valence-electron chi connectivity index (χ2n) is 11.1. The Morgan fingerprint density at radius 2 is 0.800 bits per heavy atom. The Hall–Kier alpha value is -4.94. The highest BCUT2D eigenvalue weighted by atomic mass is 14.1. The lowest BCUT2D eigenvalue weighted by Crippen LogP contribution is -1.87. The van der Waals surface area contributed by atoms with E-state index in [0.29, 0.717) is 0 Å². The van der Waals surface area contributed by atoms with E-state index in [4.69, 9.17) is 0 Å². The van der Waals surface area contributed by atoms with Crippen LogP contribution >= 0.6 is 0 Å². The summed E-state index contributed by atoms with van der Waals surface area (Å²) in [6.45, 7) is 4.39. The largest absolute Gasteiger partial charge is 0.0616 e. The monoisotopic (exact) mass is 508 g/mol. The molecule has 0 heteroatoms. The normalized spacial score (nSPS) is 11.8. The molecule has 0 saturated heterocycles. The first-order chi connectivity index (χ1) is 19.6. The molecule has 0 saturated carbocycles. The predicted octanol–water partition coefficient (Wildman–Crippen LogP) is 11.4. The van der Waals surface area contributed by atoms with Crippen molar-refractivity contribution in [3.8, 4) is 22.3 Å². The van der Waals surface area contributed by atoms with Gasteiger partial charge in [-0.1, -0.05) is 121 Å². The molecule has 8 aromatic carbocycles. The minimum absolute atomic E-state index is 1.24. The minimum Gasteiger partial charge on any atom is -0.0616 e. The van der Waals surface area contributed by atoms with Crippen LogP contribution in [0.3, 0.4) is 0 Å². The first-order valence-electron chi connectivity index (χ1n) is 14.0. The molecule has 0 N–H and O–H groups in total. The average molecular weight is 509 g/mol. The molecule has 0 heterocycles. The van der Waals surface area contributed by atoms with E-state index < -0.39 is 0 Å². The van der Waals surface area contributed by atoms with Crippen molar-refractivity contribution in [2.24, 2.45) is 0 Å². The molecule has 0 aromatic heterocycles. The van der Waals surface area contributed by atoms with E-state index in [1.807, 2.05) is 0 Å². The zero-order valence-electron chi connectivity index (χ0n) is 22.7. The first-order valence-corrected chi connectivity index (χ1v) is 14.0. The van der Waals surface area contributed by atoms with Crippen molar-refractivity contribution in [1.82, 2.24) is 0 Å². The third-order valence-electron chi connectivity index (χ3n) is 8.74. The molecule has 0 amide bonds. The van der Waals surface area contributed by atoms with Gasteiger partial charge in [0.1, 0.15) is 0 Å². The van der Waals surface area contributed by atoms with Crippen molar-refractivity contribution in [3.63, 3.8) is 0 Å². The third kappa shape index (κ3) is 3.53. The summed E-state index contributed by atoms with van der Waals surface area (Å²) in [6, 6.07) is 49.6. The summed E-state index contributed by atoms with van der Waals surface area (Å²) in [4.78, 5) is 0. The molecule has 0 aliphatic carbocycles. The number of fused-ring (bicyclic) bond motifs is 7. The van der Waals surface area contributed by atoms with Crippen molar-refractivity contribution in [2.45, 2.75) is 13.8 Å². The molecule has 8 aromatic rings. The van der Waals surface area contributed by atoms with Crippen LogP contribution in [0.2, 0.25) is 0 Å². The molecular formula is C40H28. The van der Waals surface area contributed by atoms with E-state index in [-0.39, 0.29) is 0 Å². The highest BCUT2D eigenvalue weighted by Crippen LogP contribution is 2.38. The van der Waals surface area contributed by atoms with Gasteiger partial charge in [0.15, 0.2) is 0 Å². The highest BCUT2D eigenvalue weighted by Gasteiger charge is 2.11. The number of benzene rings is 8. The molecular weight excluding hydrogens is 480 g/mol. The van der Waals surface area contributed by atoms with E-state index in [1.54, 1.807) is 0 Å². The molecule has 0 atom stereocenters. The Kier molecular flexibility index (Phi) is 5.06. The van der Waals surface area contributed by atoms with Gasteiger partial charge in [0.05, 0.1) is 0 Å². The Morgan fingerprint density at radius 1 is 0.300 bits per heavy atom. The van der Waals surface area contributed by atoms with Gasteiger partial charge >= 0.3 is 0 Å². The molecule has 0 aliphatic rings. The quantitative estimate of drug-likeness (QED) is 0.161. The fourth-order valence-corrected chi connectivity index (χ4v) is 6.48. The SMILES string of the molecule is Cc1cc2ccc3c(-c4ccc(-c5cccc6c5ccc5cc7ccccc7cc56)cc4)cccc3c2cc1C. The average Bonchev–Trinajstić information content (AvgIpc) is 3.00. The van der Waals surface area contributed by atoms with Gasteiger partial charge in [0.25, 0.3) is 0 Å². The van der Waals surface area contributed by atoms with E-state index in [2.05, 4.69) is 147 Å². The molecule has 0 nitrogen and oxygen atoms in total. The molecule has 0 aliphatic heterocycles. The lowest BCUT2D eigenvalue weighted by molar-refractivity contribution is 1.37. The third-order valence-corrected chi connectivity index (χ3v) is 8.74. The van der Waals surface area contributed by atoms with E-state index in [0.717, 1.165) is 0 Å². The van der Waals surface area contributed by atoms with Gasteiger partial charge in [-0.3, -0.25) is 0 Å². The molecule has 188 valence electrons. The fourth-order valence-electron chi connectivity index (χ4n) is 6.48. The predicted molar refractivity (Wildman–Crippen MR) is 174 cm³/mol. The van der Waals surface area contributed by atoms with Crippen molar-refractivity contribution in [1.29, 1.82) is 0 Å². The van der Waals surface area contributed by atoms with Crippen LogP contribution in [0.1, 0.15) is 11.1 Å². The number of rotatable bonds is 2. The Morgan fingerprint density at radius 3 is 1.40 bits per heavy atom. The summed E-state index contributed by atoms with van der Waals surface area (Å²) in [6.07, 6.45) is 0. The second-order valence-corrected chi connectivity index (χ2v) is 11.1.